The molecule has 0 atom stereocenters. The minimum Gasteiger partial charge on any atom is -0.489 e. The highest BCUT2D eigenvalue weighted by Crippen LogP contribution is 2.19. The molecule has 1 aromatic carbocycles. The highest BCUT2D eigenvalue weighted by atomic mass is 16.5. The van der Waals surface area contributed by atoms with Gasteiger partial charge in [-0.15, -0.1) is 0 Å². The van der Waals surface area contributed by atoms with Gasteiger partial charge in [-0.1, -0.05) is 103 Å². The van der Waals surface area contributed by atoms with Crippen molar-refractivity contribution >= 4 is 5.69 Å². The van der Waals surface area contributed by atoms with E-state index in [0.717, 1.165) is 18.8 Å². The van der Waals surface area contributed by atoms with Crippen molar-refractivity contribution in [3.63, 3.8) is 0 Å². The van der Waals surface area contributed by atoms with Gasteiger partial charge in [-0.2, -0.15) is 0 Å². The molecule has 0 aromatic heterocycles. The Kier molecular flexibility index (Phi) is 18.7. The minimum absolute atomic E-state index is 0.507. The van der Waals surface area contributed by atoms with Crippen LogP contribution in [0.2, 0.25) is 0 Å². The number of nitrogen functional groups attached to an aromatic ring is 1. The SMILES string of the molecule is CCCCCCCCCCCCCCCCOCCOCCOc1ccccc1N. The van der Waals surface area contributed by atoms with Gasteiger partial charge in [-0.25, -0.2) is 0 Å². The third kappa shape index (κ3) is 16.5. The van der Waals surface area contributed by atoms with Crippen LogP contribution in [0, 0.1) is 0 Å². The van der Waals surface area contributed by atoms with Crippen LogP contribution in [-0.2, 0) is 9.47 Å². The molecule has 30 heavy (non-hydrogen) atoms. The van der Waals surface area contributed by atoms with Gasteiger partial charge in [-0.05, 0) is 18.6 Å². The van der Waals surface area contributed by atoms with E-state index in [-0.39, 0.29) is 0 Å². The fraction of sp³-hybridized carbons (Fsp3) is 0.769. The number of anilines is 1. The standard InChI is InChI=1S/C26H47NO3/c1-2-3-4-5-6-7-8-9-10-11-12-13-14-17-20-28-21-22-29-23-24-30-26-19-16-15-18-25(26)27/h15-16,18-19H,2-14,17,20-24,27H2,1H3. The van der Waals surface area contributed by atoms with Gasteiger partial charge in [0.05, 0.1) is 25.5 Å². The molecule has 174 valence electrons. The van der Waals surface area contributed by atoms with Crippen molar-refractivity contribution in [2.45, 2.75) is 96.8 Å². The molecule has 0 aliphatic heterocycles. The van der Waals surface area contributed by atoms with Crippen LogP contribution < -0.4 is 10.5 Å². The molecule has 0 unspecified atom stereocenters. The van der Waals surface area contributed by atoms with E-state index in [1.807, 2.05) is 24.3 Å². The number of rotatable bonds is 22. The zero-order chi connectivity index (χ0) is 21.5. The number of hydrogen-bond donors (Lipinski definition) is 1. The Morgan fingerprint density at radius 1 is 0.567 bits per heavy atom. The molecule has 1 rings (SSSR count). The van der Waals surface area contributed by atoms with Gasteiger partial charge in [0.2, 0.25) is 0 Å². The van der Waals surface area contributed by atoms with Gasteiger partial charge in [0, 0.05) is 6.61 Å². The second-order valence-corrected chi connectivity index (χ2v) is 8.21. The lowest BCUT2D eigenvalue weighted by Gasteiger charge is -2.09. The van der Waals surface area contributed by atoms with E-state index in [2.05, 4.69) is 6.92 Å². The lowest BCUT2D eigenvalue weighted by molar-refractivity contribution is 0.0353. The van der Waals surface area contributed by atoms with Crippen LogP contribution in [0.25, 0.3) is 0 Å². The van der Waals surface area contributed by atoms with Crippen molar-refractivity contribution < 1.29 is 14.2 Å². The first-order valence-electron chi connectivity index (χ1n) is 12.5. The van der Waals surface area contributed by atoms with E-state index in [0.29, 0.717) is 32.1 Å². The van der Waals surface area contributed by atoms with Gasteiger partial charge >= 0.3 is 0 Å². The zero-order valence-corrected chi connectivity index (χ0v) is 19.5. The summed E-state index contributed by atoms with van der Waals surface area (Å²) in [6.07, 6.45) is 19.4. The number of hydrogen-bond acceptors (Lipinski definition) is 4. The fourth-order valence-corrected chi connectivity index (χ4v) is 3.54. The zero-order valence-electron chi connectivity index (χ0n) is 19.5. The molecule has 0 saturated heterocycles. The summed E-state index contributed by atoms with van der Waals surface area (Å²) in [6, 6.07) is 7.52. The summed E-state index contributed by atoms with van der Waals surface area (Å²) in [5, 5.41) is 0. The molecule has 4 heteroatoms. The van der Waals surface area contributed by atoms with Crippen molar-refractivity contribution in [2.75, 3.05) is 38.8 Å². The fourth-order valence-electron chi connectivity index (χ4n) is 3.54. The molecular formula is C26H47NO3. The molecule has 1 aromatic rings. The second-order valence-electron chi connectivity index (χ2n) is 8.21. The smallest absolute Gasteiger partial charge is 0.142 e. The molecule has 0 amide bonds. The largest absolute Gasteiger partial charge is 0.489 e. The first kappa shape index (κ1) is 26.8. The van der Waals surface area contributed by atoms with Crippen molar-refractivity contribution in [1.29, 1.82) is 0 Å². The Balaban J connectivity index is 1.70. The summed E-state index contributed by atoms with van der Waals surface area (Å²) >= 11 is 0. The average Bonchev–Trinajstić information content (AvgIpc) is 2.76. The summed E-state index contributed by atoms with van der Waals surface area (Å²) in [6.45, 7) is 5.46. The van der Waals surface area contributed by atoms with Crippen LogP contribution in [0.5, 0.6) is 5.75 Å². The van der Waals surface area contributed by atoms with Gasteiger partial charge in [-0.3, -0.25) is 0 Å². The average molecular weight is 422 g/mol. The molecule has 0 bridgehead atoms. The number of benzene rings is 1. The predicted molar refractivity (Wildman–Crippen MR) is 128 cm³/mol. The Morgan fingerprint density at radius 3 is 1.60 bits per heavy atom. The Labute approximate surface area is 185 Å². The number of nitrogens with two attached hydrogens (primary N) is 1. The summed E-state index contributed by atoms with van der Waals surface area (Å²) in [7, 11) is 0. The molecule has 0 saturated carbocycles. The van der Waals surface area contributed by atoms with Gasteiger partial charge in [0.15, 0.2) is 0 Å². The van der Waals surface area contributed by atoms with Crippen LogP contribution in [-0.4, -0.2) is 33.0 Å². The van der Waals surface area contributed by atoms with E-state index in [9.17, 15) is 0 Å². The molecule has 2 N–H and O–H groups in total. The van der Waals surface area contributed by atoms with Crippen LogP contribution in [0.15, 0.2) is 24.3 Å². The third-order valence-electron chi connectivity index (χ3n) is 5.42. The summed E-state index contributed by atoms with van der Waals surface area (Å²) in [5.41, 5.74) is 6.48. The maximum atomic E-state index is 5.82. The first-order valence-corrected chi connectivity index (χ1v) is 12.5. The van der Waals surface area contributed by atoms with Crippen molar-refractivity contribution in [1.82, 2.24) is 0 Å². The Morgan fingerprint density at radius 2 is 1.03 bits per heavy atom. The monoisotopic (exact) mass is 421 g/mol. The van der Waals surface area contributed by atoms with E-state index in [1.165, 1.54) is 83.5 Å². The number of ether oxygens (including phenoxy) is 3. The quantitative estimate of drug-likeness (QED) is 0.159. The van der Waals surface area contributed by atoms with E-state index in [1.54, 1.807) is 0 Å². The van der Waals surface area contributed by atoms with Crippen LogP contribution >= 0.6 is 0 Å². The number of unbranched alkanes of at least 4 members (excludes halogenated alkanes) is 13. The second kappa shape index (κ2) is 21.0. The maximum absolute atomic E-state index is 5.82. The van der Waals surface area contributed by atoms with Crippen molar-refractivity contribution in [3.05, 3.63) is 24.3 Å². The van der Waals surface area contributed by atoms with E-state index in [4.69, 9.17) is 19.9 Å². The molecule has 4 nitrogen and oxygen atoms in total. The van der Waals surface area contributed by atoms with Crippen molar-refractivity contribution in [3.8, 4) is 5.75 Å². The molecule has 0 fully saturated rings. The Hall–Kier alpha value is -1.26. The van der Waals surface area contributed by atoms with Gasteiger partial charge in [0.1, 0.15) is 12.4 Å². The topological polar surface area (TPSA) is 53.7 Å². The minimum atomic E-state index is 0.507. The van der Waals surface area contributed by atoms with Crippen LogP contribution in [0.4, 0.5) is 5.69 Å². The highest BCUT2D eigenvalue weighted by molar-refractivity contribution is 5.51. The molecular weight excluding hydrogens is 374 g/mol. The number of para-hydroxylation sites is 2. The third-order valence-corrected chi connectivity index (χ3v) is 5.42. The molecule has 0 aliphatic rings. The lowest BCUT2D eigenvalue weighted by atomic mass is 10.0. The lowest BCUT2D eigenvalue weighted by Crippen LogP contribution is -2.11. The van der Waals surface area contributed by atoms with E-state index < -0.39 is 0 Å². The highest BCUT2D eigenvalue weighted by Gasteiger charge is 1.98. The van der Waals surface area contributed by atoms with Gasteiger partial charge in [0.25, 0.3) is 0 Å². The maximum Gasteiger partial charge on any atom is 0.142 e. The van der Waals surface area contributed by atoms with Crippen LogP contribution in [0.3, 0.4) is 0 Å². The first-order chi connectivity index (χ1) is 14.8. The normalized spacial score (nSPS) is 11.1. The van der Waals surface area contributed by atoms with Crippen LogP contribution in [0.1, 0.15) is 96.8 Å². The van der Waals surface area contributed by atoms with E-state index >= 15 is 0 Å². The molecule has 0 spiro atoms. The molecule has 0 radical (unpaired) electrons. The van der Waals surface area contributed by atoms with Crippen molar-refractivity contribution in [2.24, 2.45) is 0 Å². The molecule has 0 aliphatic carbocycles. The summed E-state index contributed by atoms with van der Waals surface area (Å²) < 4.78 is 16.8. The van der Waals surface area contributed by atoms with Gasteiger partial charge < -0.3 is 19.9 Å². The molecule has 0 heterocycles. The predicted octanol–water partition coefficient (Wildman–Crippen LogP) is 7.16. The summed E-state index contributed by atoms with van der Waals surface area (Å²) in [4.78, 5) is 0. The Bertz CT molecular complexity index is 481. The summed E-state index contributed by atoms with van der Waals surface area (Å²) in [5.74, 6) is 0.718.